The van der Waals surface area contributed by atoms with Crippen molar-refractivity contribution in [3.8, 4) is 0 Å². The first-order valence-corrected chi connectivity index (χ1v) is 8.04. The van der Waals surface area contributed by atoms with E-state index in [2.05, 4.69) is 27.0 Å². The number of aromatic nitrogens is 1. The molecule has 8 heteroatoms. The predicted octanol–water partition coefficient (Wildman–Crippen LogP) is -0.0143. The lowest BCUT2D eigenvalue weighted by atomic mass is 9.95. The summed E-state index contributed by atoms with van der Waals surface area (Å²) >= 11 is 0. The summed E-state index contributed by atoms with van der Waals surface area (Å²) in [6, 6.07) is 2.84. The van der Waals surface area contributed by atoms with Crippen LogP contribution in [0.3, 0.4) is 0 Å². The Balaban J connectivity index is 2.14. The van der Waals surface area contributed by atoms with E-state index in [1.807, 2.05) is 7.05 Å². The average molecular weight is 299 g/mol. The highest BCUT2D eigenvalue weighted by molar-refractivity contribution is 7.89. The smallest absolute Gasteiger partial charge is 0.241 e. The summed E-state index contributed by atoms with van der Waals surface area (Å²) in [6.07, 6.45) is 2.23. The van der Waals surface area contributed by atoms with E-state index in [1.165, 1.54) is 18.3 Å². The van der Waals surface area contributed by atoms with Crippen LogP contribution in [-0.4, -0.2) is 44.5 Å². The normalized spacial score (nSPS) is 24.6. The molecular weight excluding hydrogens is 278 g/mol. The van der Waals surface area contributed by atoms with Gasteiger partial charge in [0.15, 0.2) is 0 Å². The lowest BCUT2D eigenvalue weighted by Crippen LogP contribution is -2.48. The van der Waals surface area contributed by atoms with Gasteiger partial charge >= 0.3 is 0 Å². The van der Waals surface area contributed by atoms with Crippen LogP contribution in [0.25, 0.3) is 0 Å². The van der Waals surface area contributed by atoms with Crippen molar-refractivity contribution in [1.82, 2.24) is 14.6 Å². The summed E-state index contributed by atoms with van der Waals surface area (Å²) in [5.41, 5.74) is 2.35. The first kappa shape index (κ1) is 15.2. The van der Waals surface area contributed by atoms with Gasteiger partial charge in [0.1, 0.15) is 5.82 Å². The zero-order valence-corrected chi connectivity index (χ0v) is 12.5. The molecule has 2 rings (SSSR count). The van der Waals surface area contributed by atoms with Gasteiger partial charge in [-0.15, -0.1) is 0 Å². The van der Waals surface area contributed by atoms with Crippen LogP contribution >= 0.6 is 0 Å². The molecule has 1 aliphatic heterocycles. The fraction of sp³-hybridized carbons (Fsp3) is 0.583. The molecule has 20 heavy (non-hydrogen) atoms. The van der Waals surface area contributed by atoms with Crippen molar-refractivity contribution in [1.29, 1.82) is 0 Å². The minimum atomic E-state index is -3.55. The number of likely N-dealkylation sites (tertiary alicyclic amines) is 1. The molecule has 4 N–H and O–H groups in total. The van der Waals surface area contributed by atoms with Gasteiger partial charge in [-0.1, -0.05) is 6.92 Å². The third kappa shape index (κ3) is 3.45. The number of hydrogen-bond donors (Lipinski definition) is 3. The van der Waals surface area contributed by atoms with Crippen molar-refractivity contribution in [2.45, 2.75) is 24.3 Å². The maximum atomic E-state index is 12.4. The van der Waals surface area contributed by atoms with Crippen LogP contribution in [0.2, 0.25) is 0 Å². The number of nitrogens with one attached hydrogen (secondary N) is 2. The number of rotatable bonds is 4. The van der Waals surface area contributed by atoms with Crippen LogP contribution in [0.4, 0.5) is 5.82 Å². The zero-order chi connectivity index (χ0) is 14.8. The van der Waals surface area contributed by atoms with E-state index in [4.69, 9.17) is 5.84 Å². The largest absolute Gasteiger partial charge is 0.308 e. The number of pyridine rings is 1. The van der Waals surface area contributed by atoms with E-state index in [0.29, 0.717) is 5.82 Å². The van der Waals surface area contributed by atoms with Gasteiger partial charge in [0.25, 0.3) is 0 Å². The Morgan fingerprint density at radius 1 is 1.50 bits per heavy atom. The summed E-state index contributed by atoms with van der Waals surface area (Å²) < 4.78 is 27.5. The summed E-state index contributed by atoms with van der Waals surface area (Å²) in [4.78, 5) is 6.29. The lowest BCUT2D eigenvalue weighted by molar-refractivity contribution is 0.188. The molecule has 7 nitrogen and oxygen atoms in total. The second kappa shape index (κ2) is 6.04. The maximum Gasteiger partial charge on any atom is 0.241 e. The molecule has 0 radical (unpaired) electrons. The van der Waals surface area contributed by atoms with E-state index >= 15 is 0 Å². The minimum Gasteiger partial charge on any atom is -0.308 e. The second-order valence-corrected chi connectivity index (χ2v) is 6.99. The summed E-state index contributed by atoms with van der Waals surface area (Å²) in [7, 11) is -1.50. The molecule has 1 aliphatic rings. The van der Waals surface area contributed by atoms with E-state index in [0.717, 1.165) is 19.5 Å². The Hall–Kier alpha value is -1.22. The Kier molecular flexibility index (Phi) is 4.59. The molecule has 0 saturated carbocycles. The van der Waals surface area contributed by atoms with Gasteiger partial charge in [0.2, 0.25) is 10.0 Å². The van der Waals surface area contributed by atoms with Crippen molar-refractivity contribution in [3.63, 3.8) is 0 Å². The number of nitrogen functional groups attached to an aromatic ring is 1. The fourth-order valence-electron chi connectivity index (χ4n) is 2.45. The Morgan fingerprint density at radius 3 is 2.90 bits per heavy atom. The third-order valence-electron chi connectivity index (χ3n) is 3.60. The van der Waals surface area contributed by atoms with Gasteiger partial charge in [0, 0.05) is 24.8 Å². The maximum absolute atomic E-state index is 12.4. The molecule has 0 bridgehead atoms. The minimum absolute atomic E-state index is 0.0429. The van der Waals surface area contributed by atoms with Gasteiger partial charge in [-0.25, -0.2) is 24.0 Å². The van der Waals surface area contributed by atoms with E-state index < -0.39 is 10.0 Å². The second-order valence-electron chi connectivity index (χ2n) is 5.28. The molecule has 0 aromatic carbocycles. The van der Waals surface area contributed by atoms with Gasteiger partial charge in [0.05, 0.1) is 4.90 Å². The summed E-state index contributed by atoms with van der Waals surface area (Å²) in [6.45, 7) is 3.84. The van der Waals surface area contributed by atoms with Gasteiger partial charge in [-0.3, -0.25) is 0 Å². The van der Waals surface area contributed by atoms with Crippen LogP contribution in [0.1, 0.15) is 13.3 Å². The average Bonchev–Trinajstić information content (AvgIpc) is 2.42. The first-order chi connectivity index (χ1) is 9.42. The van der Waals surface area contributed by atoms with Gasteiger partial charge in [-0.2, -0.15) is 0 Å². The topological polar surface area (TPSA) is 100 Å². The zero-order valence-electron chi connectivity index (χ0n) is 11.7. The number of hydrazine groups is 1. The molecule has 1 saturated heterocycles. The molecule has 112 valence electrons. The van der Waals surface area contributed by atoms with Crippen LogP contribution in [-0.2, 0) is 10.0 Å². The highest BCUT2D eigenvalue weighted by Crippen LogP contribution is 2.19. The van der Waals surface area contributed by atoms with Crippen molar-refractivity contribution >= 4 is 15.8 Å². The van der Waals surface area contributed by atoms with E-state index in [1.54, 1.807) is 0 Å². The first-order valence-electron chi connectivity index (χ1n) is 6.56. The lowest BCUT2D eigenvalue weighted by Gasteiger charge is -2.34. The van der Waals surface area contributed by atoms with Crippen molar-refractivity contribution in [2.75, 3.05) is 25.6 Å². The fourth-order valence-corrected chi connectivity index (χ4v) is 3.85. The SMILES string of the molecule is CC1CN(C)CCC1NS(=O)(=O)c1ccnc(NN)c1. The van der Waals surface area contributed by atoms with E-state index in [9.17, 15) is 8.42 Å². The van der Waals surface area contributed by atoms with Crippen molar-refractivity contribution < 1.29 is 8.42 Å². The highest BCUT2D eigenvalue weighted by atomic mass is 32.2. The third-order valence-corrected chi connectivity index (χ3v) is 5.09. The monoisotopic (exact) mass is 299 g/mol. The van der Waals surface area contributed by atoms with Crippen LogP contribution in [0.5, 0.6) is 0 Å². The van der Waals surface area contributed by atoms with E-state index in [-0.39, 0.29) is 16.9 Å². The number of nitrogens with two attached hydrogens (primary N) is 1. The molecule has 0 spiro atoms. The molecule has 2 unspecified atom stereocenters. The molecule has 0 amide bonds. The molecule has 0 aliphatic carbocycles. The molecule has 2 heterocycles. The van der Waals surface area contributed by atoms with Gasteiger partial charge in [-0.05, 0) is 32.0 Å². The Bertz CT molecular complexity index is 563. The standard InChI is InChI=1S/C12H21N5O2S/c1-9-8-17(2)6-4-11(9)16-20(18,19)10-3-5-14-12(7-10)15-13/h3,5,7,9,11,16H,4,6,8,13H2,1-2H3,(H,14,15). The molecule has 2 atom stereocenters. The van der Waals surface area contributed by atoms with Crippen LogP contribution in [0, 0.1) is 5.92 Å². The van der Waals surface area contributed by atoms with Crippen molar-refractivity contribution in [2.24, 2.45) is 11.8 Å². The highest BCUT2D eigenvalue weighted by Gasteiger charge is 2.28. The summed E-state index contributed by atoms with van der Waals surface area (Å²) in [5.74, 6) is 5.85. The number of sulfonamides is 1. The number of anilines is 1. The number of hydrogen-bond acceptors (Lipinski definition) is 6. The number of piperidine rings is 1. The van der Waals surface area contributed by atoms with Crippen LogP contribution < -0.4 is 16.0 Å². The molecule has 1 fully saturated rings. The Morgan fingerprint density at radius 2 is 2.25 bits per heavy atom. The molecule has 1 aromatic rings. The molecule has 1 aromatic heterocycles. The molecular formula is C12H21N5O2S. The number of nitrogens with zero attached hydrogens (tertiary/aromatic N) is 2. The van der Waals surface area contributed by atoms with Gasteiger partial charge < -0.3 is 10.3 Å². The predicted molar refractivity (Wildman–Crippen MR) is 77.4 cm³/mol. The Labute approximate surface area is 119 Å². The van der Waals surface area contributed by atoms with Crippen molar-refractivity contribution in [3.05, 3.63) is 18.3 Å². The summed E-state index contributed by atoms with van der Waals surface area (Å²) in [5, 5.41) is 0. The van der Waals surface area contributed by atoms with Crippen LogP contribution in [0.15, 0.2) is 23.2 Å². The quantitative estimate of drug-likeness (QED) is 0.534.